The fourth-order valence-corrected chi connectivity index (χ4v) is 3.13. The highest BCUT2D eigenvalue weighted by molar-refractivity contribution is 5.78. The van der Waals surface area contributed by atoms with Crippen LogP contribution in [0.4, 0.5) is 20.3 Å². The summed E-state index contributed by atoms with van der Waals surface area (Å²) in [5.41, 5.74) is 1.42. The van der Waals surface area contributed by atoms with Crippen LogP contribution in [0.1, 0.15) is 0 Å². The van der Waals surface area contributed by atoms with E-state index in [9.17, 15) is 5.11 Å². The monoisotopic (exact) mass is 440 g/mol. The molecule has 32 heavy (non-hydrogen) atoms. The number of aliphatic hydroxyl groups excluding tert-OH is 1. The Morgan fingerprint density at radius 3 is 2.38 bits per heavy atom. The van der Waals surface area contributed by atoms with E-state index in [1.54, 1.807) is 36.4 Å². The molecule has 0 fully saturated rings. The van der Waals surface area contributed by atoms with E-state index in [1.807, 2.05) is 0 Å². The third kappa shape index (κ3) is 3.64. The van der Waals surface area contributed by atoms with Crippen molar-refractivity contribution < 1.29 is 23.4 Å². The lowest BCUT2D eigenvalue weighted by Crippen LogP contribution is -2.15. The third-order valence-electron chi connectivity index (χ3n) is 4.65. The second-order valence-electron chi connectivity index (χ2n) is 6.60. The summed E-state index contributed by atoms with van der Waals surface area (Å²) in [5, 5.41) is 13.5. The number of aromatic nitrogens is 5. The van der Waals surface area contributed by atoms with E-state index in [4.69, 9.17) is 9.47 Å². The Balaban J connectivity index is 1.88. The highest BCUT2D eigenvalue weighted by atomic mass is 19.1. The molecule has 0 bridgehead atoms. The van der Waals surface area contributed by atoms with Crippen molar-refractivity contribution in [3.63, 3.8) is 0 Å². The molecule has 1 N–H and O–H groups in total. The average Bonchev–Trinajstić information content (AvgIpc) is 3.24. The minimum Gasteiger partial charge on any atom is -0.514 e. The molecule has 0 aliphatic carbocycles. The first-order valence-corrected chi connectivity index (χ1v) is 9.29. The smallest absolute Gasteiger partial charge is 0.192 e. The van der Waals surface area contributed by atoms with Gasteiger partial charge in [0.05, 0.1) is 38.6 Å². The number of aliphatic hydroxyl groups is 1. The summed E-state index contributed by atoms with van der Waals surface area (Å²) < 4.78 is 41.8. The van der Waals surface area contributed by atoms with E-state index in [1.165, 1.54) is 20.3 Å². The van der Waals surface area contributed by atoms with E-state index >= 15 is 8.78 Å². The second kappa shape index (κ2) is 8.46. The maximum absolute atomic E-state index is 15.1. The number of benzene rings is 1. The molecule has 4 rings (SSSR count). The van der Waals surface area contributed by atoms with E-state index in [2.05, 4.69) is 20.1 Å². The molecule has 0 spiro atoms. The fourth-order valence-electron chi connectivity index (χ4n) is 3.13. The van der Waals surface area contributed by atoms with Gasteiger partial charge in [0.2, 0.25) is 0 Å². The number of nitrogens with zero attached hydrogens (tertiary/aromatic N) is 6. The van der Waals surface area contributed by atoms with Crippen LogP contribution in [0.25, 0.3) is 22.4 Å². The van der Waals surface area contributed by atoms with Crippen molar-refractivity contribution in [1.82, 2.24) is 24.7 Å². The molecule has 0 atom stereocenters. The Morgan fingerprint density at radius 2 is 1.78 bits per heavy atom. The average molecular weight is 440 g/mol. The number of halogens is 2. The van der Waals surface area contributed by atoms with Gasteiger partial charge in [0.1, 0.15) is 17.0 Å². The molecular formula is C21H18F2N6O3. The number of pyridine rings is 1. The van der Waals surface area contributed by atoms with Crippen LogP contribution in [0.3, 0.4) is 0 Å². The SMILES string of the molecule is COc1cc(OC)c(F)c(N(/C=C/O)c2ccc3ncc(-c4cnn(C)c4)nc3n2)c1F. The van der Waals surface area contributed by atoms with Gasteiger partial charge < -0.3 is 14.6 Å². The summed E-state index contributed by atoms with van der Waals surface area (Å²) in [6.45, 7) is 0. The largest absolute Gasteiger partial charge is 0.514 e. The summed E-state index contributed by atoms with van der Waals surface area (Å²) in [6, 6.07) is 4.18. The first-order valence-electron chi connectivity index (χ1n) is 9.29. The molecule has 0 saturated carbocycles. The first-order chi connectivity index (χ1) is 15.5. The van der Waals surface area contributed by atoms with Crippen molar-refractivity contribution in [2.24, 2.45) is 7.05 Å². The molecule has 0 aliphatic heterocycles. The van der Waals surface area contributed by atoms with Gasteiger partial charge in [-0.2, -0.15) is 5.10 Å². The molecule has 0 unspecified atom stereocenters. The third-order valence-corrected chi connectivity index (χ3v) is 4.65. The molecule has 4 aromatic rings. The lowest BCUT2D eigenvalue weighted by atomic mass is 10.2. The summed E-state index contributed by atoms with van der Waals surface area (Å²) in [4.78, 5) is 14.3. The van der Waals surface area contributed by atoms with Crippen LogP contribution in [0.5, 0.6) is 11.5 Å². The molecule has 0 amide bonds. The number of anilines is 2. The Hall–Kier alpha value is -4.28. The highest BCUT2D eigenvalue weighted by Crippen LogP contribution is 2.40. The van der Waals surface area contributed by atoms with Crippen LogP contribution < -0.4 is 14.4 Å². The normalized spacial score (nSPS) is 11.3. The Labute approximate surface area is 181 Å². The second-order valence-corrected chi connectivity index (χ2v) is 6.60. The maximum Gasteiger partial charge on any atom is 0.192 e. The predicted octanol–water partition coefficient (Wildman–Crippen LogP) is 3.89. The van der Waals surface area contributed by atoms with Gasteiger partial charge in [0, 0.05) is 31.1 Å². The van der Waals surface area contributed by atoms with E-state index < -0.39 is 17.3 Å². The van der Waals surface area contributed by atoms with Crippen molar-refractivity contribution in [2.75, 3.05) is 19.1 Å². The zero-order valence-corrected chi connectivity index (χ0v) is 17.3. The fraction of sp³-hybridized carbons (Fsp3) is 0.143. The van der Waals surface area contributed by atoms with Crippen molar-refractivity contribution in [3.05, 3.63) is 60.9 Å². The van der Waals surface area contributed by atoms with Crippen LogP contribution in [0.2, 0.25) is 0 Å². The summed E-state index contributed by atoms with van der Waals surface area (Å²) >= 11 is 0. The van der Waals surface area contributed by atoms with Gasteiger partial charge in [-0.05, 0) is 12.1 Å². The quantitative estimate of drug-likeness (QED) is 0.451. The van der Waals surface area contributed by atoms with E-state index in [-0.39, 0.29) is 23.0 Å². The zero-order valence-electron chi connectivity index (χ0n) is 17.3. The minimum atomic E-state index is -0.999. The molecule has 0 saturated heterocycles. The Morgan fingerprint density at radius 1 is 1.06 bits per heavy atom. The van der Waals surface area contributed by atoms with Crippen molar-refractivity contribution >= 4 is 22.7 Å². The van der Waals surface area contributed by atoms with Gasteiger partial charge in [-0.1, -0.05) is 0 Å². The van der Waals surface area contributed by atoms with Crippen LogP contribution in [0.15, 0.2) is 49.3 Å². The molecule has 164 valence electrons. The van der Waals surface area contributed by atoms with Crippen molar-refractivity contribution in [2.45, 2.75) is 0 Å². The van der Waals surface area contributed by atoms with Crippen LogP contribution in [-0.2, 0) is 7.05 Å². The summed E-state index contributed by atoms with van der Waals surface area (Å²) in [6.07, 6.45) is 6.67. The van der Waals surface area contributed by atoms with E-state index in [0.717, 1.165) is 22.7 Å². The van der Waals surface area contributed by atoms with Crippen molar-refractivity contribution in [3.8, 4) is 22.8 Å². The van der Waals surface area contributed by atoms with Gasteiger partial charge >= 0.3 is 0 Å². The topological polar surface area (TPSA) is 98.4 Å². The molecule has 1 aromatic carbocycles. The lowest BCUT2D eigenvalue weighted by molar-refractivity contribution is 0.359. The molecule has 0 radical (unpaired) electrons. The number of aryl methyl sites for hydroxylation is 1. The molecule has 0 aliphatic rings. The molecule has 9 nitrogen and oxygen atoms in total. The number of methoxy groups -OCH3 is 2. The predicted molar refractivity (Wildman–Crippen MR) is 113 cm³/mol. The van der Waals surface area contributed by atoms with Crippen molar-refractivity contribution in [1.29, 1.82) is 0 Å². The number of fused-ring (bicyclic) bond motifs is 1. The standard InChI is InChI=1S/C21H18F2N6O3/c1-28-11-12(9-25-28)14-10-24-13-4-5-17(27-21(13)26-14)29(6-7-30)20-18(22)15(31-2)8-16(32-3)19(20)23/h4-11,30H,1-3H3/b7-6+. The van der Waals surface area contributed by atoms with Crippen LogP contribution in [-0.4, -0.2) is 44.1 Å². The number of hydrogen-bond acceptors (Lipinski definition) is 8. The molecule has 3 heterocycles. The van der Waals surface area contributed by atoms with Gasteiger partial charge in [-0.15, -0.1) is 0 Å². The van der Waals surface area contributed by atoms with Crippen LogP contribution >= 0.6 is 0 Å². The Bertz CT molecular complexity index is 1300. The number of ether oxygens (including phenoxy) is 2. The highest BCUT2D eigenvalue weighted by Gasteiger charge is 2.26. The van der Waals surface area contributed by atoms with Crippen LogP contribution in [0, 0.1) is 11.6 Å². The molecule has 3 aromatic heterocycles. The summed E-state index contributed by atoms with van der Waals surface area (Å²) in [5.74, 6) is -2.40. The molecular weight excluding hydrogens is 422 g/mol. The van der Waals surface area contributed by atoms with Gasteiger partial charge in [0.25, 0.3) is 0 Å². The van der Waals surface area contributed by atoms with E-state index in [0.29, 0.717) is 17.5 Å². The summed E-state index contributed by atoms with van der Waals surface area (Å²) in [7, 11) is 4.27. The zero-order chi connectivity index (χ0) is 22.8. The Kier molecular flexibility index (Phi) is 5.54. The first kappa shape index (κ1) is 21.0. The van der Waals surface area contributed by atoms with Gasteiger partial charge in [0.15, 0.2) is 28.8 Å². The van der Waals surface area contributed by atoms with Gasteiger partial charge in [-0.25, -0.2) is 18.7 Å². The number of hydrogen-bond donors (Lipinski definition) is 1. The maximum atomic E-state index is 15.1. The number of rotatable bonds is 6. The van der Waals surface area contributed by atoms with Gasteiger partial charge in [-0.3, -0.25) is 14.6 Å². The minimum absolute atomic E-state index is 0.0774. The molecule has 11 heteroatoms. The lowest BCUT2D eigenvalue weighted by Gasteiger charge is -2.22.